The van der Waals surface area contributed by atoms with E-state index in [9.17, 15) is 4.79 Å². The number of anilines is 1. The zero-order valence-corrected chi connectivity index (χ0v) is 15.9. The molecule has 3 heterocycles. The lowest BCUT2D eigenvalue weighted by molar-refractivity contribution is 0.103. The highest BCUT2D eigenvalue weighted by molar-refractivity contribution is 7.20. The topological polar surface area (TPSA) is 59.8 Å². The molecule has 0 aliphatic heterocycles. The molecule has 0 fully saturated rings. The lowest BCUT2D eigenvalue weighted by Crippen LogP contribution is -2.11. The number of nitrogens with one attached hydrogen (secondary N) is 1. The van der Waals surface area contributed by atoms with Crippen LogP contribution in [-0.2, 0) is 0 Å². The van der Waals surface area contributed by atoms with Crippen LogP contribution >= 0.6 is 34.5 Å². The van der Waals surface area contributed by atoms with E-state index in [0.717, 1.165) is 21.6 Å². The molecule has 0 aliphatic rings. The van der Waals surface area contributed by atoms with E-state index >= 15 is 0 Å². The number of rotatable bonds is 3. The number of pyridine rings is 1. The third-order valence-electron chi connectivity index (χ3n) is 3.86. The van der Waals surface area contributed by atoms with Gasteiger partial charge in [-0.1, -0.05) is 41.4 Å². The number of hydrogen-bond acceptors (Lipinski definition) is 4. The number of amides is 1. The Hall–Kier alpha value is -2.41. The van der Waals surface area contributed by atoms with E-state index in [4.69, 9.17) is 23.2 Å². The first-order valence-corrected chi connectivity index (χ1v) is 9.27. The summed E-state index contributed by atoms with van der Waals surface area (Å²) in [4.78, 5) is 18.0. The summed E-state index contributed by atoms with van der Waals surface area (Å²) in [5.74, 6) is -0.278. The van der Waals surface area contributed by atoms with Crippen molar-refractivity contribution in [3.05, 3.63) is 69.4 Å². The monoisotopic (exact) mass is 402 g/mol. The minimum Gasteiger partial charge on any atom is -0.319 e. The van der Waals surface area contributed by atoms with Crippen LogP contribution in [0.5, 0.6) is 0 Å². The summed E-state index contributed by atoms with van der Waals surface area (Å²) in [7, 11) is 0. The van der Waals surface area contributed by atoms with Gasteiger partial charge in [0.05, 0.1) is 32.0 Å². The van der Waals surface area contributed by atoms with Crippen LogP contribution in [0.4, 0.5) is 5.69 Å². The normalized spacial score (nSPS) is 11.0. The first-order valence-electron chi connectivity index (χ1n) is 7.69. The minimum atomic E-state index is -0.278. The molecule has 0 radical (unpaired) electrons. The van der Waals surface area contributed by atoms with Crippen molar-refractivity contribution in [1.29, 1.82) is 0 Å². The molecule has 3 aromatic heterocycles. The van der Waals surface area contributed by atoms with Crippen molar-refractivity contribution in [2.24, 2.45) is 0 Å². The second-order valence-electron chi connectivity index (χ2n) is 5.59. The molecule has 0 bridgehead atoms. The van der Waals surface area contributed by atoms with Gasteiger partial charge in [0.1, 0.15) is 4.83 Å². The summed E-state index contributed by atoms with van der Waals surface area (Å²) < 4.78 is 1.85. The van der Waals surface area contributed by atoms with Crippen LogP contribution in [0.15, 0.2) is 48.8 Å². The van der Waals surface area contributed by atoms with E-state index in [1.54, 1.807) is 0 Å². The van der Waals surface area contributed by atoms with Gasteiger partial charge in [-0.05, 0) is 25.1 Å². The van der Waals surface area contributed by atoms with E-state index in [1.165, 1.54) is 23.7 Å². The number of carbonyl (C=O) groups excluding carboxylic acids is 1. The smallest absolute Gasteiger partial charge is 0.265 e. The molecule has 0 saturated heterocycles. The van der Waals surface area contributed by atoms with Crippen LogP contribution in [0.1, 0.15) is 15.4 Å². The fourth-order valence-electron chi connectivity index (χ4n) is 2.61. The van der Waals surface area contributed by atoms with Gasteiger partial charge in [0.15, 0.2) is 0 Å². The summed E-state index contributed by atoms with van der Waals surface area (Å²) >= 11 is 13.5. The molecule has 130 valence electrons. The van der Waals surface area contributed by atoms with E-state index in [-0.39, 0.29) is 5.91 Å². The number of benzene rings is 1. The van der Waals surface area contributed by atoms with Crippen molar-refractivity contribution in [3.63, 3.8) is 0 Å². The molecule has 26 heavy (non-hydrogen) atoms. The number of thiophene rings is 1. The van der Waals surface area contributed by atoms with Crippen molar-refractivity contribution in [2.75, 3.05) is 5.32 Å². The summed E-state index contributed by atoms with van der Waals surface area (Å²) in [5.41, 5.74) is 2.16. The van der Waals surface area contributed by atoms with Gasteiger partial charge in [0.25, 0.3) is 5.91 Å². The van der Waals surface area contributed by atoms with Crippen LogP contribution in [0.2, 0.25) is 10.0 Å². The lowest BCUT2D eigenvalue weighted by atomic mass is 10.3. The summed E-state index contributed by atoms with van der Waals surface area (Å²) in [5, 5.41) is 8.86. The van der Waals surface area contributed by atoms with Gasteiger partial charge in [-0.2, -0.15) is 5.10 Å². The molecule has 5 nitrogen and oxygen atoms in total. The van der Waals surface area contributed by atoms with Crippen LogP contribution in [0, 0.1) is 6.92 Å². The number of para-hydroxylation sites is 1. The van der Waals surface area contributed by atoms with Gasteiger partial charge in [0.2, 0.25) is 0 Å². The quantitative estimate of drug-likeness (QED) is 0.502. The molecule has 1 N–H and O–H groups in total. The zero-order valence-electron chi connectivity index (χ0n) is 13.5. The van der Waals surface area contributed by atoms with E-state index < -0.39 is 0 Å². The molecule has 4 aromatic rings. The van der Waals surface area contributed by atoms with Gasteiger partial charge in [0, 0.05) is 17.8 Å². The SMILES string of the molecule is Cc1nn(-c2ccccc2)c2sc(C(=O)Nc3c(Cl)cncc3Cl)cc12. The standard InChI is InChI=1S/C18H12Cl2N4OS/c1-10-12-7-15(17(25)22-16-13(19)8-21-9-14(16)20)26-18(12)24(23-10)11-5-3-2-4-6-11/h2-9H,1H3,(H,21,22,25). The van der Waals surface area contributed by atoms with Gasteiger partial charge in [-0.25, -0.2) is 4.68 Å². The highest BCUT2D eigenvalue weighted by atomic mass is 35.5. The predicted octanol–water partition coefficient (Wildman–Crippen LogP) is 5.35. The number of aromatic nitrogens is 3. The third-order valence-corrected chi connectivity index (χ3v) is 5.54. The fourth-order valence-corrected chi connectivity index (χ4v) is 4.15. The average Bonchev–Trinajstić information content (AvgIpc) is 3.20. The lowest BCUT2D eigenvalue weighted by Gasteiger charge is -2.07. The Morgan fingerprint density at radius 1 is 1.15 bits per heavy atom. The molecular formula is C18H12Cl2N4OS. The third kappa shape index (κ3) is 2.96. The number of fused-ring (bicyclic) bond motifs is 1. The first-order chi connectivity index (χ1) is 12.5. The molecule has 0 spiro atoms. The Balaban J connectivity index is 1.73. The van der Waals surface area contributed by atoms with Crippen LogP contribution in [0.25, 0.3) is 15.9 Å². The van der Waals surface area contributed by atoms with Crippen molar-refractivity contribution in [1.82, 2.24) is 14.8 Å². The average molecular weight is 403 g/mol. The van der Waals surface area contributed by atoms with Crippen LogP contribution in [0.3, 0.4) is 0 Å². The summed E-state index contributed by atoms with van der Waals surface area (Å²) in [6, 6.07) is 11.6. The predicted molar refractivity (Wildman–Crippen MR) is 106 cm³/mol. The van der Waals surface area contributed by atoms with Crippen molar-refractivity contribution >= 4 is 56.3 Å². The van der Waals surface area contributed by atoms with E-state index in [1.807, 2.05) is 48.0 Å². The molecule has 4 rings (SSSR count). The van der Waals surface area contributed by atoms with Gasteiger partial charge in [-0.3, -0.25) is 9.78 Å². The highest BCUT2D eigenvalue weighted by Crippen LogP contribution is 2.33. The van der Waals surface area contributed by atoms with Crippen molar-refractivity contribution < 1.29 is 4.79 Å². The summed E-state index contributed by atoms with van der Waals surface area (Å²) in [6.07, 6.45) is 2.87. The van der Waals surface area contributed by atoms with Crippen LogP contribution < -0.4 is 5.32 Å². The summed E-state index contributed by atoms with van der Waals surface area (Å²) in [6.45, 7) is 1.92. The van der Waals surface area contributed by atoms with E-state index in [2.05, 4.69) is 15.4 Å². The van der Waals surface area contributed by atoms with E-state index in [0.29, 0.717) is 20.6 Å². The Morgan fingerprint density at radius 3 is 2.54 bits per heavy atom. The molecule has 0 aliphatic carbocycles. The molecule has 1 aromatic carbocycles. The number of halogens is 2. The molecule has 8 heteroatoms. The maximum Gasteiger partial charge on any atom is 0.265 e. The number of carbonyl (C=O) groups is 1. The highest BCUT2D eigenvalue weighted by Gasteiger charge is 2.18. The molecule has 0 unspecified atom stereocenters. The minimum absolute atomic E-state index is 0.278. The molecular weight excluding hydrogens is 391 g/mol. The first kappa shape index (κ1) is 17.0. The fraction of sp³-hybridized carbons (Fsp3) is 0.0556. The number of hydrogen-bond donors (Lipinski definition) is 1. The maximum atomic E-state index is 12.7. The Labute approximate surface area is 163 Å². The molecule has 1 amide bonds. The van der Waals surface area contributed by atoms with Crippen LogP contribution in [-0.4, -0.2) is 20.7 Å². The maximum absolute atomic E-state index is 12.7. The second-order valence-corrected chi connectivity index (χ2v) is 7.44. The number of nitrogens with zero attached hydrogens (tertiary/aromatic N) is 3. The van der Waals surface area contributed by atoms with Crippen molar-refractivity contribution in [3.8, 4) is 5.69 Å². The van der Waals surface area contributed by atoms with Crippen molar-refractivity contribution in [2.45, 2.75) is 6.92 Å². The Kier molecular flexibility index (Phi) is 4.40. The zero-order chi connectivity index (χ0) is 18.3. The number of aryl methyl sites for hydroxylation is 1. The molecule has 0 atom stereocenters. The van der Waals surface area contributed by atoms with Gasteiger partial charge in [-0.15, -0.1) is 11.3 Å². The Morgan fingerprint density at radius 2 is 1.85 bits per heavy atom. The largest absolute Gasteiger partial charge is 0.319 e. The van der Waals surface area contributed by atoms with Gasteiger partial charge >= 0.3 is 0 Å². The Bertz CT molecular complexity index is 1100. The van der Waals surface area contributed by atoms with Gasteiger partial charge < -0.3 is 5.32 Å². The second kappa shape index (κ2) is 6.72. The molecule has 0 saturated carbocycles.